The first-order chi connectivity index (χ1) is 19.0. The summed E-state index contributed by atoms with van der Waals surface area (Å²) < 4.78 is 5.55. The molecule has 3 aromatic rings. The first kappa shape index (κ1) is 27.6. The lowest BCUT2D eigenvalue weighted by molar-refractivity contribution is 0.0377. The minimum atomic E-state index is -0.548. The molecule has 0 aliphatic heterocycles. The van der Waals surface area contributed by atoms with Gasteiger partial charge in [0.1, 0.15) is 5.60 Å². The highest BCUT2D eigenvalue weighted by molar-refractivity contribution is 6.10. The van der Waals surface area contributed by atoms with Gasteiger partial charge in [0.15, 0.2) is 5.78 Å². The Balaban J connectivity index is 1.54. The average molecular weight is 538 g/mol. The van der Waals surface area contributed by atoms with Crippen molar-refractivity contribution in [3.8, 4) is 22.4 Å². The van der Waals surface area contributed by atoms with Crippen molar-refractivity contribution in [2.24, 2.45) is 0 Å². The summed E-state index contributed by atoms with van der Waals surface area (Å²) in [6, 6.07) is 20.5. The summed E-state index contributed by atoms with van der Waals surface area (Å²) in [6.45, 7) is 5.62. The van der Waals surface area contributed by atoms with Crippen molar-refractivity contribution < 1.29 is 14.3 Å². The number of allylic oxidation sites excluding steroid dienone is 1. The number of rotatable bonds is 5. The van der Waals surface area contributed by atoms with Crippen LogP contribution in [0.25, 0.3) is 22.4 Å². The molecular weight excluding hydrogens is 498 g/mol. The molecule has 40 heavy (non-hydrogen) atoms. The average Bonchev–Trinajstić information content (AvgIpc) is 3.03. The van der Waals surface area contributed by atoms with E-state index in [0.29, 0.717) is 5.56 Å². The van der Waals surface area contributed by atoms with E-state index in [-0.39, 0.29) is 11.9 Å². The number of benzene rings is 2. The van der Waals surface area contributed by atoms with Crippen LogP contribution in [-0.2, 0) is 16.7 Å². The monoisotopic (exact) mass is 537 g/mol. The fourth-order valence-corrected chi connectivity index (χ4v) is 5.63. The second-order valence-electron chi connectivity index (χ2n) is 12.2. The van der Waals surface area contributed by atoms with Crippen LogP contribution in [0.1, 0.15) is 74.5 Å². The Morgan fingerprint density at radius 1 is 0.950 bits per heavy atom. The van der Waals surface area contributed by atoms with Crippen molar-refractivity contribution in [1.29, 1.82) is 0 Å². The summed E-state index contributed by atoms with van der Waals surface area (Å²) >= 11 is 0. The van der Waals surface area contributed by atoms with Gasteiger partial charge in [-0.05, 0) is 76.5 Å². The molecule has 6 heteroatoms. The molecule has 0 saturated heterocycles. The number of hydrogen-bond donors (Lipinski definition) is 1. The van der Waals surface area contributed by atoms with Crippen molar-refractivity contribution in [1.82, 2.24) is 15.2 Å². The largest absolute Gasteiger partial charge is 0.444 e. The van der Waals surface area contributed by atoms with Crippen molar-refractivity contribution >= 4 is 11.9 Å². The predicted molar refractivity (Wildman–Crippen MR) is 159 cm³/mol. The third kappa shape index (κ3) is 5.81. The molecule has 0 bridgehead atoms. The first-order valence-electron chi connectivity index (χ1n) is 14.2. The lowest BCUT2D eigenvalue weighted by Gasteiger charge is -2.43. The minimum absolute atomic E-state index is 0.0629. The molecule has 1 heterocycles. The summed E-state index contributed by atoms with van der Waals surface area (Å²) in [4.78, 5) is 33.3. The maximum Gasteiger partial charge on any atom is 0.408 e. The number of nitrogens with one attached hydrogen (secondary N) is 1. The van der Waals surface area contributed by atoms with Gasteiger partial charge in [-0.25, -0.2) is 4.79 Å². The topological polar surface area (TPSA) is 71.5 Å². The highest BCUT2D eigenvalue weighted by Crippen LogP contribution is 2.43. The summed E-state index contributed by atoms with van der Waals surface area (Å²) in [6.07, 6.45) is 6.75. The van der Waals surface area contributed by atoms with Crippen LogP contribution < -0.4 is 5.32 Å². The number of carbonyl (C=O) groups is 2. The summed E-state index contributed by atoms with van der Waals surface area (Å²) in [5, 5.41) is 3.15. The predicted octanol–water partition coefficient (Wildman–Crippen LogP) is 7.28. The Labute approximate surface area is 237 Å². The van der Waals surface area contributed by atoms with Gasteiger partial charge >= 0.3 is 6.09 Å². The number of ether oxygens (including phenoxy) is 1. The smallest absolute Gasteiger partial charge is 0.408 e. The second-order valence-corrected chi connectivity index (χ2v) is 12.2. The number of alkyl carbamates (subject to hydrolysis) is 1. The number of amides is 1. The van der Waals surface area contributed by atoms with Gasteiger partial charge in [0, 0.05) is 42.6 Å². The number of pyridine rings is 1. The summed E-state index contributed by atoms with van der Waals surface area (Å²) in [7, 11) is 3.90. The fraction of sp³-hybridized carbons (Fsp3) is 0.382. The van der Waals surface area contributed by atoms with Gasteiger partial charge in [-0.1, -0.05) is 54.6 Å². The number of Topliss-reactive ketones (excluding diaryl/α,β-unsaturated/α-hetero) is 1. The molecule has 2 aromatic carbocycles. The molecule has 1 N–H and O–H groups in total. The molecule has 5 rings (SSSR count). The van der Waals surface area contributed by atoms with Crippen LogP contribution in [0, 0.1) is 0 Å². The molecule has 208 valence electrons. The summed E-state index contributed by atoms with van der Waals surface area (Å²) in [5.41, 5.74) is 6.30. The lowest BCUT2D eigenvalue weighted by atomic mass is 9.71. The Morgan fingerprint density at radius 3 is 2.25 bits per heavy atom. The second kappa shape index (κ2) is 10.9. The SMILES string of the molecule is CN(C)C=C1CCCc2nc(-c3ccc(C4(NC(=O)OC(C)(C)C)CCC4)cc3)c(-c3ccccc3)cc2C1=O. The molecule has 2 aliphatic rings. The zero-order chi connectivity index (χ0) is 28.5. The maximum absolute atomic E-state index is 13.6. The normalized spacial score (nSPS) is 17.4. The molecule has 0 atom stereocenters. The van der Waals surface area contributed by atoms with Crippen molar-refractivity contribution in [3.63, 3.8) is 0 Å². The van der Waals surface area contributed by atoms with Gasteiger partial charge in [0.2, 0.25) is 0 Å². The third-order valence-corrected chi connectivity index (χ3v) is 7.65. The summed E-state index contributed by atoms with van der Waals surface area (Å²) in [5.74, 6) is 0.0629. The van der Waals surface area contributed by atoms with Gasteiger partial charge in [-0.2, -0.15) is 0 Å². The van der Waals surface area contributed by atoms with Gasteiger partial charge in [0.05, 0.1) is 16.9 Å². The van der Waals surface area contributed by atoms with Crippen LogP contribution in [0.4, 0.5) is 4.79 Å². The fourth-order valence-electron chi connectivity index (χ4n) is 5.63. The molecule has 1 fully saturated rings. The van der Waals surface area contributed by atoms with E-state index in [2.05, 4.69) is 41.7 Å². The van der Waals surface area contributed by atoms with Gasteiger partial charge in [-0.3, -0.25) is 9.78 Å². The van der Waals surface area contributed by atoms with Gasteiger partial charge < -0.3 is 15.0 Å². The van der Waals surface area contributed by atoms with Crippen LogP contribution in [0.3, 0.4) is 0 Å². The van der Waals surface area contributed by atoms with Gasteiger partial charge in [-0.15, -0.1) is 0 Å². The number of fused-ring (bicyclic) bond motifs is 1. The van der Waals surface area contributed by atoms with E-state index >= 15 is 0 Å². The number of aromatic nitrogens is 1. The molecule has 1 amide bonds. The first-order valence-corrected chi connectivity index (χ1v) is 14.2. The van der Waals surface area contributed by atoms with E-state index in [1.165, 1.54) is 0 Å². The van der Waals surface area contributed by atoms with E-state index in [0.717, 1.165) is 77.7 Å². The Bertz CT molecular complexity index is 1430. The minimum Gasteiger partial charge on any atom is -0.444 e. The van der Waals surface area contributed by atoms with Crippen LogP contribution in [0.15, 0.2) is 72.4 Å². The molecule has 6 nitrogen and oxygen atoms in total. The van der Waals surface area contributed by atoms with E-state index in [9.17, 15) is 9.59 Å². The van der Waals surface area contributed by atoms with E-state index in [1.807, 2.05) is 70.2 Å². The van der Waals surface area contributed by atoms with Crippen molar-refractivity contribution in [2.75, 3.05) is 14.1 Å². The quantitative estimate of drug-likeness (QED) is 0.273. The Hall–Kier alpha value is -3.93. The standard InChI is InChI=1S/C34H39N3O3/c1-33(2,3)40-32(39)36-34(19-10-20-34)26-17-15-24(16-18-26)30-27(23-11-7-6-8-12-23)21-28-29(35-30)14-9-13-25(31(28)38)22-37(4)5/h6-8,11-12,15-18,21-22H,9-10,13-14,19-20H2,1-5H3,(H,36,39). The third-order valence-electron chi connectivity index (χ3n) is 7.65. The zero-order valence-corrected chi connectivity index (χ0v) is 24.2. The Kier molecular flexibility index (Phi) is 7.54. The van der Waals surface area contributed by atoms with Crippen LogP contribution in [0.5, 0.6) is 0 Å². The number of carbonyl (C=O) groups excluding carboxylic acids is 2. The lowest BCUT2D eigenvalue weighted by Crippen LogP contribution is -2.52. The zero-order valence-electron chi connectivity index (χ0n) is 24.2. The molecule has 2 aliphatic carbocycles. The molecule has 1 saturated carbocycles. The van der Waals surface area contributed by atoms with Crippen molar-refractivity contribution in [2.45, 2.75) is 70.4 Å². The maximum atomic E-state index is 13.6. The van der Waals surface area contributed by atoms with Crippen LogP contribution in [0.2, 0.25) is 0 Å². The number of nitrogens with zero attached hydrogens (tertiary/aromatic N) is 2. The number of aryl methyl sites for hydroxylation is 1. The number of ketones is 1. The molecule has 0 spiro atoms. The Morgan fingerprint density at radius 2 is 1.65 bits per heavy atom. The molecule has 0 unspecified atom stereocenters. The van der Waals surface area contributed by atoms with E-state index in [4.69, 9.17) is 9.72 Å². The number of hydrogen-bond acceptors (Lipinski definition) is 5. The highest BCUT2D eigenvalue weighted by atomic mass is 16.6. The van der Waals surface area contributed by atoms with Gasteiger partial charge in [0.25, 0.3) is 0 Å². The van der Waals surface area contributed by atoms with Crippen LogP contribution in [-0.4, -0.2) is 41.5 Å². The molecular formula is C34H39N3O3. The van der Waals surface area contributed by atoms with E-state index in [1.54, 1.807) is 0 Å². The molecule has 0 radical (unpaired) electrons. The molecule has 1 aromatic heterocycles. The highest BCUT2D eigenvalue weighted by Gasteiger charge is 2.41. The van der Waals surface area contributed by atoms with E-state index < -0.39 is 11.1 Å². The van der Waals surface area contributed by atoms with Crippen molar-refractivity contribution in [3.05, 3.63) is 89.3 Å². The van der Waals surface area contributed by atoms with Crippen LogP contribution >= 0.6 is 0 Å².